The Hall–Kier alpha value is -0.120. The summed E-state index contributed by atoms with van der Waals surface area (Å²) in [5.74, 6) is 0.871. The number of likely N-dealkylation sites (N-methyl/N-ethyl adjacent to an activating group) is 1. The summed E-state index contributed by atoms with van der Waals surface area (Å²) in [6.07, 6.45) is 8.10. The van der Waals surface area contributed by atoms with Gasteiger partial charge >= 0.3 is 0 Å². The molecule has 1 saturated carbocycles. The molecule has 0 aromatic rings. The molecule has 0 aromatic heterocycles. The molecule has 1 aliphatic carbocycles. The first-order chi connectivity index (χ1) is 8.28. The second-order valence-electron chi connectivity index (χ2n) is 5.77. The predicted octanol–water partition coefficient (Wildman–Crippen LogP) is 2.00. The maximum absolute atomic E-state index is 5.96. The highest BCUT2D eigenvalue weighted by Crippen LogP contribution is 2.24. The first kappa shape index (κ1) is 13.3. The fourth-order valence-electron chi connectivity index (χ4n) is 3.15. The lowest BCUT2D eigenvalue weighted by Crippen LogP contribution is -2.38. The molecule has 0 aromatic carbocycles. The highest BCUT2D eigenvalue weighted by molar-refractivity contribution is 4.78. The van der Waals surface area contributed by atoms with Crippen LogP contribution in [0.2, 0.25) is 0 Å². The lowest BCUT2D eigenvalue weighted by atomic mass is 9.86. The monoisotopic (exact) mass is 240 g/mol. The minimum absolute atomic E-state index is 0.472. The summed E-state index contributed by atoms with van der Waals surface area (Å²) in [6, 6.07) is 0.472. The van der Waals surface area contributed by atoms with E-state index in [1.54, 1.807) is 0 Å². The van der Waals surface area contributed by atoms with E-state index >= 15 is 0 Å². The summed E-state index contributed by atoms with van der Waals surface area (Å²) in [6.45, 7) is 6.79. The minimum atomic E-state index is 0.472. The van der Waals surface area contributed by atoms with E-state index in [0.717, 1.165) is 25.6 Å². The molecule has 0 spiro atoms. The molecule has 1 heterocycles. The molecule has 2 aliphatic rings. The Morgan fingerprint density at radius 2 is 1.88 bits per heavy atom. The third-order valence-electron chi connectivity index (χ3n) is 4.34. The quantitative estimate of drug-likeness (QED) is 0.799. The largest absolute Gasteiger partial charge is 0.377 e. The van der Waals surface area contributed by atoms with Gasteiger partial charge < -0.3 is 15.4 Å². The van der Waals surface area contributed by atoms with Crippen LogP contribution in [0.25, 0.3) is 0 Å². The van der Waals surface area contributed by atoms with E-state index in [4.69, 9.17) is 10.5 Å². The summed E-state index contributed by atoms with van der Waals surface area (Å²) in [4.78, 5) is 2.58. The van der Waals surface area contributed by atoms with Crippen molar-refractivity contribution < 1.29 is 4.74 Å². The predicted molar refractivity (Wildman–Crippen MR) is 71.0 cm³/mol. The molecule has 1 saturated heterocycles. The van der Waals surface area contributed by atoms with E-state index in [1.165, 1.54) is 45.1 Å². The molecule has 2 fully saturated rings. The van der Waals surface area contributed by atoms with Crippen molar-refractivity contribution in [1.82, 2.24) is 4.90 Å². The standard InChI is InChI=1S/C14H28N2O/c1-2-16(11-14-4-3-9-17-14)10-12-5-7-13(15)8-6-12/h12-14H,2-11,15H2,1H3. The van der Waals surface area contributed by atoms with Crippen LogP contribution in [-0.4, -0.2) is 43.3 Å². The van der Waals surface area contributed by atoms with Crippen molar-refractivity contribution in [2.24, 2.45) is 11.7 Å². The lowest BCUT2D eigenvalue weighted by Gasteiger charge is -2.32. The summed E-state index contributed by atoms with van der Waals surface area (Å²) in [5.41, 5.74) is 5.96. The SMILES string of the molecule is CCN(CC1CCC(N)CC1)CC1CCCO1. The highest BCUT2D eigenvalue weighted by atomic mass is 16.5. The zero-order valence-electron chi connectivity index (χ0n) is 11.2. The molecule has 2 N–H and O–H groups in total. The van der Waals surface area contributed by atoms with E-state index < -0.39 is 0 Å². The molecule has 17 heavy (non-hydrogen) atoms. The number of hydrogen-bond acceptors (Lipinski definition) is 3. The van der Waals surface area contributed by atoms with Crippen LogP contribution in [0.3, 0.4) is 0 Å². The van der Waals surface area contributed by atoms with Gasteiger partial charge in [-0.15, -0.1) is 0 Å². The third kappa shape index (κ3) is 4.23. The van der Waals surface area contributed by atoms with Gasteiger partial charge in [0.05, 0.1) is 6.10 Å². The maximum atomic E-state index is 5.96. The summed E-state index contributed by atoms with van der Waals surface area (Å²) < 4.78 is 5.73. The zero-order valence-corrected chi connectivity index (χ0v) is 11.2. The number of nitrogens with two attached hydrogens (primary N) is 1. The van der Waals surface area contributed by atoms with E-state index in [2.05, 4.69) is 11.8 Å². The van der Waals surface area contributed by atoms with Crippen LogP contribution in [-0.2, 0) is 4.74 Å². The second-order valence-corrected chi connectivity index (χ2v) is 5.77. The highest BCUT2D eigenvalue weighted by Gasteiger charge is 2.23. The first-order valence-corrected chi connectivity index (χ1v) is 7.37. The van der Waals surface area contributed by atoms with Crippen molar-refractivity contribution in [3.05, 3.63) is 0 Å². The van der Waals surface area contributed by atoms with E-state index in [-0.39, 0.29) is 0 Å². The molecule has 0 bridgehead atoms. The van der Waals surface area contributed by atoms with Crippen LogP contribution >= 0.6 is 0 Å². The third-order valence-corrected chi connectivity index (χ3v) is 4.34. The molecule has 1 aliphatic heterocycles. The van der Waals surface area contributed by atoms with Crippen LogP contribution in [0.1, 0.15) is 45.4 Å². The molecule has 1 unspecified atom stereocenters. The molecule has 0 radical (unpaired) electrons. The van der Waals surface area contributed by atoms with Gasteiger partial charge in [0.2, 0.25) is 0 Å². The van der Waals surface area contributed by atoms with Gasteiger partial charge in [0.25, 0.3) is 0 Å². The van der Waals surface area contributed by atoms with Crippen molar-refractivity contribution in [3.63, 3.8) is 0 Å². The molecule has 3 nitrogen and oxygen atoms in total. The summed E-state index contributed by atoms with van der Waals surface area (Å²) in [5, 5.41) is 0. The lowest BCUT2D eigenvalue weighted by molar-refractivity contribution is 0.0663. The van der Waals surface area contributed by atoms with Gasteiger partial charge in [0.1, 0.15) is 0 Å². The van der Waals surface area contributed by atoms with Crippen LogP contribution in [0, 0.1) is 5.92 Å². The molecule has 3 heteroatoms. The number of hydrogen-bond donors (Lipinski definition) is 1. The summed E-state index contributed by atoms with van der Waals surface area (Å²) in [7, 11) is 0. The van der Waals surface area contributed by atoms with Crippen LogP contribution in [0.15, 0.2) is 0 Å². The fraction of sp³-hybridized carbons (Fsp3) is 1.00. The van der Waals surface area contributed by atoms with Crippen LogP contribution in [0.5, 0.6) is 0 Å². The molecule has 0 amide bonds. The Bertz CT molecular complexity index is 208. The van der Waals surface area contributed by atoms with E-state index in [0.29, 0.717) is 12.1 Å². The first-order valence-electron chi connectivity index (χ1n) is 7.37. The van der Waals surface area contributed by atoms with Gasteiger partial charge in [-0.25, -0.2) is 0 Å². The summed E-state index contributed by atoms with van der Waals surface area (Å²) >= 11 is 0. The molecule has 100 valence electrons. The van der Waals surface area contributed by atoms with Gasteiger partial charge in [0.15, 0.2) is 0 Å². The van der Waals surface area contributed by atoms with Crippen molar-refractivity contribution in [1.29, 1.82) is 0 Å². The minimum Gasteiger partial charge on any atom is -0.377 e. The maximum Gasteiger partial charge on any atom is 0.0702 e. The van der Waals surface area contributed by atoms with Gasteiger partial charge in [0, 0.05) is 25.7 Å². The van der Waals surface area contributed by atoms with E-state index in [1.807, 2.05) is 0 Å². The zero-order chi connectivity index (χ0) is 12.1. The average molecular weight is 240 g/mol. The topological polar surface area (TPSA) is 38.5 Å². The number of nitrogens with zero attached hydrogens (tertiary/aromatic N) is 1. The number of ether oxygens (including phenoxy) is 1. The fourth-order valence-corrected chi connectivity index (χ4v) is 3.15. The van der Waals surface area contributed by atoms with Crippen molar-refractivity contribution >= 4 is 0 Å². The van der Waals surface area contributed by atoms with Crippen molar-refractivity contribution in [2.75, 3.05) is 26.2 Å². The van der Waals surface area contributed by atoms with Gasteiger partial charge in [-0.2, -0.15) is 0 Å². The Morgan fingerprint density at radius 3 is 2.47 bits per heavy atom. The van der Waals surface area contributed by atoms with Gasteiger partial charge in [-0.1, -0.05) is 6.92 Å². The normalized spacial score (nSPS) is 34.4. The van der Waals surface area contributed by atoms with Crippen LogP contribution in [0.4, 0.5) is 0 Å². The number of rotatable bonds is 5. The molecular formula is C14H28N2O. The van der Waals surface area contributed by atoms with Crippen LogP contribution < -0.4 is 5.73 Å². The Morgan fingerprint density at radius 1 is 1.12 bits per heavy atom. The van der Waals surface area contributed by atoms with E-state index in [9.17, 15) is 0 Å². The molecule has 2 rings (SSSR count). The second kappa shape index (κ2) is 6.72. The Kier molecular flexibility index (Phi) is 5.26. The van der Waals surface area contributed by atoms with Gasteiger partial charge in [-0.3, -0.25) is 0 Å². The van der Waals surface area contributed by atoms with Gasteiger partial charge in [-0.05, 0) is 51.0 Å². The smallest absolute Gasteiger partial charge is 0.0702 e. The average Bonchev–Trinajstić information content (AvgIpc) is 2.84. The van der Waals surface area contributed by atoms with Crippen molar-refractivity contribution in [2.45, 2.75) is 57.6 Å². The Balaban J connectivity index is 1.70. The van der Waals surface area contributed by atoms with Crippen molar-refractivity contribution in [3.8, 4) is 0 Å². The Labute approximate surface area is 106 Å². The molecular weight excluding hydrogens is 212 g/mol. The molecule has 1 atom stereocenters.